The Morgan fingerprint density at radius 2 is 1.67 bits per heavy atom. The molecule has 0 atom stereocenters. The van der Waals surface area contributed by atoms with Crippen LogP contribution < -0.4 is 4.90 Å². The number of carbonyl (C=O) groups excluding carboxylic acids is 1. The number of H-pyrrole nitrogens is 1. The van der Waals surface area contributed by atoms with Crippen LogP contribution in [0.1, 0.15) is 34.5 Å². The molecule has 7 heteroatoms. The molecule has 1 N–H and O–H groups in total. The molecule has 36 heavy (non-hydrogen) atoms. The number of carbonyl (C=O) groups is 1. The summed E-state index contributed by atoms with van der Waals surface area (Å²) in [6.45, 7) is 4.74. The van der Waals surface area contributed by atoms with E-state index in [0.717, 1.165) is 54.8 Å². The van der Waals surface area contributed by atoms with E-state index >= 15 is 0 Å². The Balaban J connectivity index is 1.42. The molecule has 1 saturated heterocycles. The molecule has 0 radical (unpaired) electrons. The lowest BCUT2D eigenvalue weighted by Gasteiger charge is -2.38. The van der Waals surface area contributed by atoms with Crippen LogP contribution in [-0.2, 0) is 16.4 Å². The Morgan fingerprint density at radius 1 is 0.972 bits per heavy atom. The van der Waals surface area contributed by atoms with E-state index in [1.54, 1.807) is 12.1 Å². The molecule has 1 amide bonds. The molecule has 4 aromatic rings. The van der Waals surface area contributed by atoms with Crippen LogP contribution in [0.2, 0.25) is 0 Å². The van der Waals surface area contributed by atoms with Crippen molar-refractivity contribution in [2.45, 2.75) is 37.2 Å². The first kappa shape index (κ1) is 24.3. The summed E-state index contributed by atoms with van der Waals surface area (Å²) in [5.74, 6) is -0.108. The Hall–Kier alpha value is -3.42. The van der Waals surface area contributed by atoms with E-state index in [4.69, 9.17) is 0 Å². The SMILES string of the molecule is Cc1cc2cc(N(C(=O)c3ccc(S(C)(=O)=O)cc3)C3CCN(Cc4ccccc4)CC3)ccc2[nH]1. The molecule has 5 rings (SSSR count). The number of aromatic amines is 1. The Bertz CT molecular complexity index is 1470. The molecule has 0 saturated carbocycles. The van der Waals surface area contributed by atoms with Gasteiger partial charge in [0.05, 0.1) is 4.90 Å². The zero-order valence-corrected chi connectivity index (χ0v) is 21.5. The predicted molar refractivity (Wildman–Crippen MR) is 144 cm³/mol. The zero-order valence-electron chi connectivity index (χ0n) is 20.6. The number of benzene rings is 3. The van der Waals surface area contributed by atoms with Crippen LogP contribution in [0.25, 0.3) is 10.9 Å². The number of piperidine rings is 1. The normalized spacial score (nSPS) is 15.3. The average molecular weight is 502 g/mol. The summed E-state index contributed by atoms with van der Waals surface area (Å²) >= 11 is 0. The fourth-order valence-corrected chi connectivity index (χ4v) is 5.70. The minimum absolute atomic E-state index is 0.0524. The third kappa shape index (κ3) is 5.22. The first-order valence-corrected chi connectivity index (χ1v) is 14.2. The van der Waals surface area contributed by atoms with Crippen molar-refractivity contribution in [3.63, 3.8) is 0 Å². The van der Waals surface area contributed by atoms with Gasteiger partial charge in [0.1, 0.15) is 0 Å². The first-order chi connectivity index (χ1) is 17.3. The lowest BCUT2D eigenvalue weighted by Crippen LogP contribution is -2.47. The number of rotatable bonds is 6. The van der Waals surface area contributed by atoms with Gasteiger partial charge in [0.15, 0.2) is 9.84 Å². The molecule has 1 aliphatic heterocycles. The van der Waals surface area contributed by atoms with Crippen molar-refractivity contribution >= 4 is 32.3 Å². The second-order valence-electron chi connectivity index (χ2n) is 9.69. The van der Waals surface area contributed by atoms with Gasteiger partial charge < -0.3 is 9.88 Å². The number of hydrogen-bond donors (Lipinski definition) is 1. The second-order valence-corrected chi connectivity index (χ2v) is 11.7. The summed E-state index contributed by atoms with van der Waals surface area (Å²) in [6.07, 6.45) is 2.90. The molecular formula is C29H31N3O3S. The van der Waals surface area contributed by atoms with E-state index in [-0.39, 0.29) is 16.8 Å². The van der Waals surface area contributed by atoms with Crippen molar-refractivity contribution in [1.82, 2.24) is 9.88 Å². The fourth-order valence-electron chi connectivity index (χ4n) is 5.07. The first-order valence-electron chi connectivity index (χ1n) is 12.3. The lowest BCUT2D eigenvalue weighted by atomic mass is 10.00. The second kappa shape index (κ2) is 9.91. The Morgan fingerprint density at radius 3 is 2.33 bits per heavy atom. The highest BCUT2D eigenvalue weighted by molar-refractivity contribution is 7.90. The van der Waals surface area contributed by atoms with Crippen molar-refractivity contribution in [3.8, 4) is 0 Å². The highest BCUT2D eigenvalue weighted by Crippen LogP contribution is 2.30. The van der Waals surface area contributed by atoms with Crippen LogP contribution in [0.3, 0.4) is 0 Å². The maximum absolute atomic E-state index is 13.9. The molecule has 1 fully saturated rings. The van der Waals surface area contributed by atoms with Gasteiger partial charge in [-0.15, -0.1) is 0 Å². The molecular weight excluding hydrogens is 470 g/mol. The quantitative estimate of drug-likeness (QED) is 0.395. The third-order valence-corrected chi connectivity index (χ3v) is 8.07. The molecule has 6 nitrogen and oxygen atoms in total. The average Bonchev–Trinajstić information content (AvgIpc) is 3.25. The highest BCUT2D eigenvalue weighted by atomic mass is 32.2. The molecule has 0 bridgehead atoms. The van der Waals surface area contributed by atoms with E-state index in [1.807, 2.05) is 30.0 Å². The number of nitrogens with one attached hydrogen (secondary N) is 1. The summed E-state index contributed by atoms with van der Waals surface area (Å²) in [5, 5.41) is 1.07. The summed E-state index contributed by atoms with van der Waals surface area (Å²) in [6, 6.07) is 25.0. The number of nitrogens with zero attached hydrogens (tertiary/aromatic N) is 2. The number of amides is 1. The minimum Gasteiger partial charge on any atom is -0.359 e. The van der Waals surface area contributed by atoms with Crippen molar-refractivity contribution in [1.29, 1.82) is 0 Å². The lowest BCUT2D eigenvalue weighted by molar-refractivity contribution is 0.0958. The molecule has 0 unspecified atom stereocenters. The van der Waals surface area contributed by atoms with Crippen molar-refractivity contribution in [2.24, 2.45) is 0 Å². The largest absolute Gasteiger partial charge is 0.359 e. The standard InChI is InChI=1S/C29H31N3O3S/c1-21-18-24-19-26(10-13-28(24)30-21)32(29(33)23-8-11-27(12-9-23)36(2,34)35)25-14-16-31(17-15-25)20-22-6-4-3-5-7-22/h3-13,18-19,25,30H,14-17,20H2,1-2H3. The number of fused-ring (bicyclic) bond motifs is 1. The van der Waals surface area contributed by atoms with E-state index < -0.39 is 9.84 Å². The van der Waals surface area contributed by atoms with Gasteiger partial charge >= 0.3 is 0 Å². The number of hydrogen-bond acceptors (Lipinski definition) is 4. The van der Waals surface area contributed by atoms with Gasteiger partial charge in [-0.2, -0.15) is 0 Å². The van der Waals surface area contributed by atoms with Gasteiger partial charge in [0.2, 0.25) is 0 Å². The topological polar surface area (TPSA) is 73.5 Å². The summed E-state index contributed by atoms with van der Waals surface area (Å²) in [7, 11) is -3.33. The summed E-state index contributed by atoms with van der Waals surface area (Å²) in [5.41, 5.74) is 4.76. The molecule has 0 spiro atoms. The highest BCUT2D eigenvalue weighted by Gasteiger charge is 2.30. The van der Waals surface area contributed by atoms with Gasteiger partial charge in [0.25, 0.3) is 5.91 Å². The maximum Gasteiger partial charge on any atom is 0.258 e. The minimum atomic E-state index is -3.33. The number of likely N-dealkylation sites (tertiary alicyclic amines) is 1. The molecule has 3 aromatic carbocycles. The van der Waals surface area contributed by atoms with Gasteiger partial charge in [-0.1, -0.05) is 30.3 Å². The molecule has 186 valence electrons. The van der Waals surface area contributed by atoms with Crippen LogP contribution in [0, 0.1) is 6.92 Å². The van der Waals surface area contributed by atoms with E-state index in [0.29, 0.717) is 5.56 Å². The number of sulfone groups is 1. The van der Waals surface area contributed by atoms with Gasteiger partial charge in [-0.05, 0) is 73.9 Å². The Labute approximate surface area is 212 Å². The van der Waals surface area contributed by atoms with Crippen LogP contribution in [0.4, 0.5) is 5.69 Å². The molecule has 1 aliphatic rings. The van der Waals surface area contributed by atoms with Crippen LogP contribution in [0.15, 0.2) is 83.8 Å². The molecule has 2 heterocycles. The number of aryl methyl sites for hydroxylation is 1. The smallest absolute Gasteiger partial charge is 0.258 e. The third-order valence-electron chi connectivity index (χ3n) is 6.94. The van der Waals surface area contributed by atoms with Gasteiger partial charge in [-0.3, -0.25) is 9.69 Å². The predicted octanol–water partition coefficient (Wildman–Crippen LogP) is 5.19. The summed E-state index contributed by atoms with van der Waals surface area (Å²) in [4.78, 5) is 21.8. The van der Waals surface area contributed by atoms with Crippen LogP contribution >= 0.6 is 0 Å². The number of aromatic nitrogens is 1. The van der Waals surface area contributed by atoms with Gasteiger partial charge in [-0.25, -0.2) is 8.42 Å². The molecule has 0 aliphatic carbocycles. The zero-order chi connectivity index (χ0) is 25.3. The van der Waals surface area contributed by atoms with Crippen LogP contribution in [0.5, 0.6) is 0 Å². The van der Waals surface area contributed by atoms with Crippen LogP contribution in [-0.4, -0.2) is 49.6 Å². The van der Waals surface area contributed by atoms with E-state index in [1.165, 1.54) is 24.0 Å². The van der Waals surface area contributed by atoms with Crippen molar-refractivity contribution in [2.75, 3.05) is 24.2 Å². The van der Waals surface area contributed by atoms with Gasteiger partial charge in [0, 0.05) is 59.8 Å². The fraction of sp³-hybridized carbons (Fsp3) is 0.276. The summed E-state index contributed by atoms with van der Waals surface area (Å²) < 4.78 is 23.8. The molecule has 1 aromatic heterocycles. The van der Waals surface area contributed by atoms with E-state index in [2.05, 4.69) is 46.3 Å². The van der Waals surface area contributed by atoms with Crippen molar-refractivity contribution in [3.05, 3.63) is 95.7 Å². The number of anilines is 1. The monoisotopic (exact) mass is 501 g/mol. The maximum atomic E-state index is 13.9. The Kier molecular flexibility index (Phi) is 6.69. The van der Waals surface area contributed by atoms with Crippen molar-refractivity contribution < 1.29 is 13.2 Å². The van der Waals surface area contributed by atoms with E-state index in [9.17, 15) is 13.2 Å².